The van der Waals surface area contributed by atoms with Gasteiger partial charge in [0.25, 0.3) is 0 Å². The summed E-state index contributed by atoms with van der Waals surface area (Å²) in [5.41, 5.74) is 0.805. The number of carbonyl (C=O) groups is 1. The van der Waals surface area contributed by atoms with E-state index >= 15 is 0 Å². The lowest BCUT2D eigenvalue weighted by atomic mass is 10.0. The summed E-state index contributed by atoms with van der Waals surface area (Å²) in [5, 5.41) is 9.64. The topological polar surface area (TPSA) is 76.7 Å². The molecule has 25 heavy (non-hydrogen) atoms. The summed E-state index contributed by atoms with van der Waals surface area (Å²) in [6, 6.07) is 11.8. The van der Waals surface area contributed by atoms with Gasteiger partial charge in [-0.1, -0.05) is 18.2 Å². The molecule has 1 aromatic heterocycles. The SMILES string of the molecule is Cc1c(-c2ccccc2OC(C)C)oc2c(C(=O)O)cccc2c1=O. The van der Waals surface area contributed by atoms with E-state index in [0.29, 0.717) is 22.6 Å². The van der Waals surface area contributed by atoms with Crippen LogP contribution in [0.1, 0.15) is 29.8 Å². The van der Waals surface area contributed by atoms with Crippen molar-refractivity contribution in [2.75, 3.05) is 0 Å². The van der Waals surface area contributed by atoms with Crippen molar-refractivity contribution in [3.63, 3.8) is 0 Å². The standard InChI is InChI=1S/C20H18O5/c1-11(2)24-16-10-5-4-7-13(16)18-12(3)17(21)14-8-6-9-15(20(22)23)19(14)25-18/h4-11H,1-3H3,(H,22,23). The second-order valence-corrected chi connectivity index (χ2v) is 6.04. The molecule has 5 heteroatoms. The van der Waals surface area contributed by atoms with Gasteiger partial charge >= 0.3 is 5.97 Å². The summed E-state index contributed by atoms with van der Waals surface area (Å²) >= 11 is 0. The van der Waals surface area contributed by atoms with Gasteiger partial charge in [-0.2, -0.15) is 0 Å². The Morgan fingerprint density at radius 3 is 2.52 bits per heavy atom. The highest BCUT2D eigenvalue weighted by molar-refractivity contribution is 6.01. The predicted octanol–water partition coefficient (Wildman–Crippen LogP) is 4.25. The van der Waals surface area contributed by atoms with Gasteiger partial charge < -0.3 is 14.3 Å². The lowest BCUT2D eigenvalue weighted by molar-refractivity contribution is 0.0698. The van der Waals surface area contributed by atoms with Crippen LogP contribution in [0.4, 0.5) is 0 Å². The van der Waals surface area contributed by atoms with E-state index in [9.17, 15) is 14.7 Å². The summed E-state index contributed by atoms with van der Waals surface area (Å²) in [7, 11) is 0. The maximum Gasteiger partial charge on any atom is 0.339 e. The maximum atomic E-state index is 12.7. The fraction of sp³-hybridized carbons (Fsp3) is 0.200. The van der Waals surface area contributed by atoms with Crippen LogP contribution in [-0.2, 0) is 0 Å². The number of para-hydroxylation sites is 2. The second-order valence-electron chi connectivity index (χ2n) is 6.04. The lowest BCUT2D eigenvalue weighted by Crippen LogP contribution is -2.11. The maximum absolute atomic E-state index is 12.7. The van der Waals surface area contributed by atoms with Crippen LogP contribution in [0.15, 0.2) is 51.7 Å². The molecule has 0 bridgehead atoms. The van der Waals surface area contributed by atoms with E-state index in [1.807, 2.05) is 26.0 Å². The summed E-state index contributed by atoms with van der Waals surface area (Å²) < 4.78 is 11.7. The molecule has 0 unspecified atom stereocenters. The largest absolute Gasteiger partial charge is 0.490 e. The van der Waals surface area contributed by atoms with E-state index < -0.39 is 5.97 Å². The van der Waals surface area contributed by atoms with Crippen LogP contribution in [-0.4, -0.2) is 17.2 Å². The summed E-state index contributed by atoms with van der Waals surface area (Å²) in [6.07, 6.45) is -0.0526. The minimum absolute atomic E-state index is 0.0434. The number of fused-ring (bicyclic) bond motifs is 1. The van der Waals surface area contributed by atoms with Crippen LogP contribution in [0.3, 0.4) is 0 Å². The molecule has 0 aliphatic heterocycles. The van der Waals surface area contributed by atoms with Crippen LogP contribution in [0.2, 0.25) is 0 Å². The van der Waals surface area contributed by atoms with Crippen LogP contribution in [0.25, 0.3) is 22.3 Å². The summed E-state index contributed by atoms with van der Waals surface area (Å²) in [6.45, 7) is 5.48. The number of carboxylic acids is 1. The van der Waals surface area contributed by atoms with Gasteiger partial charge in [0.15, 0.2) is 11.0 Å². The fourth-order valence-electron chi connectivity index (χ4n) is 2.75. The Labute approximate surface area is 144 Å². The van der Waals surface area contributed by atoms with E-state index in [-0.39, 0.29) is 28.1 Å². The first-order valence-corrected chi connectivity index (χ1v) is 7.96. The molecule has 0 atom stereocenters. The van der Waals surface area contributed by atoms with Crippen molar-refractivity contribution in [3.05, 3.63) is 63.8 Å². The third-order valence-electron chi connectivity index (χ3n) is 3.87. The highest BCUT2D eigenvalue weighted by Gasteiger charge is 2.20. The Hall–Kier alpha value is -3.08. The van der Waals surface area contributed by atoms with Crippen LogP contribution in [0, 0.1) is 6.92 Å². The fourth-order valence-corrected chi connectivity index (χ4v) is 2.75. The summed E-state index contributed by atoms with van der Waals surface area (Å²) in [4.78, 5) is 24.2. The zero-order valence-corrected chi connectivity index (χ0v) is 14.2. The molecule has 0 amide bonds. The minimum Gasteiger partial charge on any atom is -0.490 e. The van der Waals surface area contributed by atoms with E-state index in [1.54, 1.807) is 25.1 Å². The molecular weight excluding hydrogens is 320 g/mol. The Morgan fingerprint density at radius 1 is 1.12 bits per heavy atom. The van der Waals surface area contributed by atoms with Gasteiger partial charge in [-0.25, -0.2) is 4.79 Å². The molecule has 0 radical (unpaired) electrons. The van der Waals surface area contributed by atoms with E-state index in [4.69, 9.17) is 9.15 Å². The number of carboxylic acid groups (broad SMARTS) is 1. The van der Waals surface area contributed by atoms with Gasteiger partial charge in [0.05, 0.1) is 17.1 Å². The first-order valence-electron chi connectivity index (χ1n) is 7.96. The van der Waals surface area contributed by atoms with Gasteiger partial charge in [-0.05, 0) is 45.0 Å². The zero-order chi connectivity index (χ0) is 18.1. The lowest BCUT2D eigenvalue weighted by Gasteiger charge is -2.15. The molecule has 0 fully saturated rings. The first-order chi connectivity index (χ1) is 11.9. The monoisotopic (exact) mass is 338 g/mol. The Morgan fingerprint density at radius 2 is 1.84 bits per heavy atom. The second kappa shape index (κ2) is 6.43. The van der Waals surface area contributed by atoms with E-state index in [2.05, 4.69) is 0 Å². The molecule has 5 nitrogen and oxygen atoms in total. The van der Waals surface area contributed by atoms with Gasteiger partial charge in [-0.3, -0.25) is 4.79 Å². The van der Waals surface area contributed by atoms with Crippen LogP contribution in [0.5, 0.6) is 5.75 Å². The average molecular weight is 338 g/mol. The number of benzene rings is 2. The molecule has 2 aromatic carbocycles. The normalized spacial score (nSPS) is 11.0. The third-order valence-corrected chi connectivity index (χ3v) is 3.87. The Bertz CT molecular complexity index is 1010. The van der Waals surface area contributed by atoms with Crippen molar-refractivity contribution in [2.45, 2.75) is 26.9 Å². The molecule has 0 spiro atoms. The molecule has 0 aliphatic carbocycles. The molecule has 0 aliphatic rings. The smallest absolute Gasteiger partial charge is 0.339 e. The number of rotatable bonds is 4. The number of hydrogen-bond acceptors (Lipinski definition) is 4. The predicted molar refractivity (Wildman–Crippen MR) is 95.4 cm³/mol. The average Bonchev–Trinajstić information content (AvgIpc) is 2.57. The zero-order valence-electron chi connectivity index (χ0n) is 14.2. The van der Waals surface area contributed by atoms with Crippen molar-refractivity contribution in [3.8, 4) is 17.1 Å². The van der Waals surface area contributed by atoms with Crippen molar-refractivity contribution in [1.29, 1.82) is 0 Å². The Balaban J connectivity index is 2.35. The highest BCUT2D eigenvalue weighted by atomic mass is 16.5. The molecule has 1 heterocycles. The van der Waals surface area contributed by atoms with Crippen molar-refractivity contribution in [2.24, 2.45) is 0 Å². The van der Waals surface area contributed by atoms with Gasteiger partial charge in [0.1, 0.15) is 17.1 Å². The van der Waals surface area contributed by atoms with Gasteiger partial charge in [-0.15, -0.1) is 0 Å². The van der Waals surface area contributed by atoms with Gasteiger partial charge in [0.2, 0.25) is 0 Å². The number of hydrogen-bond donors (Lipinski definition) is 1. The molecule has 128 valence electrons. The third kappa shape index (κ3) is 3.01. The molecule has 1 N–H and O–H groups in total. The van der Waals surface area contributed by atoms with Crippen molar-refractivity contribution in [1.82, 2.24) is 0 Å². The van der Waals surface area contributed by atoms with Crippen molar-refractivity contribution < 1.29 is 19.1 Å². The number of aromatic carboxylic acids is 1. The van der Waals surface area contributed by atoms with Crippen molar-refractivity contribution >= 4 is 16.9 Å². The molecule has 3 rings (SSSR count). The molecule has 0 saturated heterocycles. The number of ether oxygens (including phenoxy) is 1. The molecule has 3 aromatic rings. The minimum atomic E-state index is -1.14. The summed E-state index contributed by atoms with van der Waals surface area (Å²) in [5.74, 6) is -0.242. The first kappa shape index (κ1) is 16.8. The quantitative estimate of drug-likeness (QED) is 0.769. The van der Waals surface area contributed by atoms with E-state index in [0.717, 1.165) is 0 Å². The van der Waals surface area contributed by atoms with Crippen LogP contribution < -0.4 is 10.2 Å². The van der Waals surface area contributed by atoms with E-state index in [1.165, 1.54) is 12.1 Å². The van der Waals surface area contributed by atoms with Crippen LogP contribution >= 0.6 is 0 Å². The molecule has 0 saturated carbocycles. The molecular formula is C20H18O5. The van der Waals surface area contributed by atoms with Gasteiger partial charge in [0, 0.05) is 5.56 Å². The Kier molecular flexibility index (Phi) is 4.31. The highest BCUT2D eigenvalue weighted by Crippen LogP contribution is 2.34.